The maximum Gasteiger partial charge on any atom is 0.254 e. The Labute approximate surface area is 159 Å². The molecule has 2 saturated heterocycles. The van der Waals surface area contributed by atoms with Gasteiger partial charge in [-0.3, -0.25) is 9.69 Å². The lowest BCUT2D eigenvalue weighted by molar-refractivity contribution is 0.0166. The van der Waals surface area contributed by atoms with Gasteiger partial charge in [0.1, 0.15) is 0 Å². The van der Waals surface area contributed by atoms with Gasteiger partial charge in [0.25, 0.3) is 5.91 Å². The summed E-state index contributed by atoms with van der Waals surface area (Å²) in [5.41, 5.74) is 1.94. The summed E-state index contributed by atoms with van der Waals surface area (Å²) in [7, 11) is 0. The second-order valence-electron chi connectivity index (χ2n) is 7.12. The van der Waals surface area contributed by atoms with Gasteiger partial charge in [-0.15, -0.1) is 11.3 Å². The molecule has 0 aliphatic carbocycles. The van der Waals surface area contributed by atoms with Crippen molar-refractivity contribution >= 4 is 17.2 Å². The molecule has 0 saturated carbocycles. The van der Waals surface area contributed by atoms with Gasteiger partial charge >= 0.3 is 0 Å². The van der Waals surface area contributed by atoms with Crippen molar-refractivity contribution in [2.24, 2.45) is 0 Å². The molecule has 0 unspecified atom stereocenters. The van der Waals surface area contributed by atoms with Crippen molar-refractivity contribution in [2.45, 2.75) is 25.3 Å². The first kappa shape index (κ1) is 17.7. The Kier molecular flexibility index (Phi) is 5.68. The molecule has 4 nitrogen and oxygen atoms in total. The highest BCUT2D eigenvalue weighted by Gasteiger charge is 2.29. The third-order valence-electron chi connectivity index (χ3n) is 5.38. The lowest BCUT2D eigenvalue weighted by Gasteiger charge is -2.39. The molecule has 0 N–H and O–H groups in total. The van der Waals surface area contributed by atoms with Crippen LogP contribution in [0.2, 0.25) is 0 Å². The number of benzene rings is 1. The number of hydrogen-bond acceptors (Lipinski definition) is 4. The van der Waals surface area contributed by atoms with Gasteiger partial charge in [-0.1, -0.05) is 18.2 Å². The fraction of sp³-hybridized carbons (Fsp3) is 0.476. The van der Waals surface area contributed by atoms with Crippen molar-refractivity contribution in [3.63, 3.8) is 0 Å². The standard InChI is InChI=1S/C21H26N2O2S/c24-21(18-6-3-5-17(15-18)20-8-4-14-26-20)23-9-2-1-7-19(23)16-22-10-12-25-13-11-22/h3-6,8,14-15,19H,1-2,7,9-13,16H2/t19-/m0/s1. The minimum absolute atomic E-state index is 0.182. The highest BCUT2D eigenvalue weighted by Crippen LogP contribution is 2.27. The zero-order valence-corrected chi connectivity index (χ0v) is 15.9. The van der Waals surface area contributed by atoms with E-state index in [1.807, 2.05) is 12.1 Å². The maximum absolute atomic E-state index is 13.3. The average molecular weight is 371 g/mol. The first-order valence-corrected chi connectivity index (χ1v) is 10.4. The number of amides is 1. The van der Waals surface area contributed by atoms with Crippen LogP contribution in [-0.4, -0.2) is 61.1 Å². The Bertz CT molecular complexity index is 725. The highest BCUT2D eigenvalue weighted by atomic mass is 32.1. The van der Waals surface area contributed by atoms with Crippen LogP contribution in [0.1, 0.15) is 29.6 Å². The topological polar surface area (TPSA) is 32.8 Å². The lowest BCUT2D eigenvalue weighted by atomic mass is 9.99. The quantitative estimate of drug-likeness (QED) is 0.822. The summed E-state index contributed by atoms with van der Waals surface area (Å²) in [5, 5.41) is 2.08. The number of carbonyl (C=O) groups excluding carboxylic acids is 1. The first-order valence-electron chi connectivity index (χ1n) is 9.56. The molecule has 1 atom stereocenters. The van der Waals surface area contributed by atoms with E-state index in [9.17, 15) is 4.79 Å². The van der Waals surface area contributed by atoms with E-state index >= 15 is 0 Å². The van der Waals surface area contributed by atoms with Gasteiger partial charge in [0, 0.05) is 42.7 Å². The molecule has 1 aromatic carbocycles. The summed E-state index contributed by atoms with van der Waals surface area (Å²) in [5.74, 6) is 0.182. The molecule has 4 rings (SSSR count). The number of rotatable bonds is 4. The predicted octanol–water partition coefficient (Wildman–Crippen LogP) is 3.74. The van der Waals surface area contributed by atoms with Crippen LogP contribution < -0.4 is 0 Å². The molecule has 0 bridgehead atoms. The molecule has 0 spiro atoms. The Hall–Kier alpha value is -1.69. The molecule has 1 amide bonds. The third kappa shape index (κ3) is 4.00. The molecule has 2 aliphatic heterocycles. The summed E-state index contributed by atoms with van der Waals surface area (Å²) in [4.78, 5) is 19.0. The molecule has 0 radical (unpaired) electrons. The zero-order chi connectivity index (χ0) is 17.8. The molecule has 2 aliphatic rings. The van der Waals surface area contributed by atoms with Crippen LogP contribution in [0.5, 0.6) is 0 Å². The van der Waals surface area contributed by atoms with Gasteiger partial charge in [0.15, 0.2) is 0 Å². The van der Waals surface area contributed by atoms with Crippen LogP contribution in [0.25, 0.3) is 10.4 Å². The SMILES string of the molecule is O=C(c1cccc(-c2cccs2)c1)N1CCCC[C@H]1CN1CCOCC1. The van der Waals surface area contributed by atoms with Gasteiger partial charge in [0.2, 0.25) is 0 Å². The Morgan fingerprint density at radius 2 is 2.00 bits per heavy atom. The van der Waals surface area contributed by atoms with Crippen molar-refractivity contribution in [3.8, 4) is 10.4 Å². The van der Waals surface area contributed by atoms with E-state index in [0.717, 1.165) is 63.4 Å². The Morgan fingerprint density at radius 3 is 2.81 bits per heavy atom. The summed E-state index contributed by atoms with van der Waals surface area (Å²) in [6.07, 6.45) is 3.43. The largest absolute Gasteiger partial charge is 0.379 e. The summed E-state index contributed by atoms with van der Waals surface area (Å²) >= 11 is 1.71. The smallest absolute Gasteiger partial charge is 0.254 e. The minimum Gasteiger partial charge on any atom is -0.379 e. The van der Waals surface area contributed by atoms with E-state index in [4.69, 9.17) is 4.74 Å². The van der Waals surface area contributed by atoms with Crippen molar-refractivity contribution in [1.82, 2.24) is 9.80 Å². The fourth-order valence-corrected chi connectivity index (χ4v) is 4.68. The van der Waals surface area contributed by atoms with E-state index in [-0.39, 0.29) is 5.91 Å². The molecular weight excluding hydrogens is 344 g/mol. The van der Waals surface area contributed by atoms with Crippen LogP contribution in [0.15, 0.2) is 41.8 Å². The van der Waals surface area contributed by atoms with Crippen molar-refractivity contribution in [3.05, 3.63) is 47.3 Å². The minimum atomic E-state index is 0.182. The second-order valence-corrected chi connectivity index (χ2v) is 8.07. The summed E-state index contributed by atoms with van der Waals surface area (Å²) in [6.45, 7) is 5.42. The van der Waals surface area contributed by atoms with Crippen molar-refractivity contribution in [1.29, 1.82) is 0 Å². The van der Waals surface area contributed by atoms with E-state index in [2.05, 4.69) is 39.4 Å². The van der Waals surface area contributed by atoms with Crippen molar-refractivity contribution in [2.75, 3.05) is 39.4 Å². The molecule has 5 heteroatoms. The van der Waals surface area contributed by atoms with Crippen LogP contribution in [0.3, 0.4) is 0 Å². The Morgan fingerprint density at radius 1 is 1.12 bits per heavy atom. The number of nitrogens with zero attached hydrogens (tertiary/aromatic N) is 2. The number of piperidine rings is 1. The van der Waals surface area contributed by atoms with E-state index in [1.165, 1.54) is 11.3 Å². The molecule has 26 heavy (non-hydrogen) atoms. The van der Waals surface area contributed by atoms with Gasteiger partial charge in [-0.05, 0) is 48.4 Å². The van der Waals surface area contributed by atoms with Crippen LogP contribution in [0, 0.1) is 0 Å². The zero-order valence-electron chi connectivity index (χ0n) is 15.1. The number of hydrogen-bond donors (Lipinski definition) is 0. The second kappa shape index (κ2) is 8.33. The molecule has 2 fully saturated rings. The van der Waals surface area contributed by atoms with Gasteiger partial charge in [0.05, 0.1) is 13.2 Å². The average Bonchev–Trinajstić information content (AvgIpc) is 3.24. The van der Waals surface area contributed by atoms with E-state index in [1.54, 1.807) is 11.3 Å². The lowest BCUT2D eigenvalue weighted by Crippen LogP contribution is -2.51. The van der Waals surface area contributed by atoms with Gasteiger partial charge in [-0.25, -0.2) is 0 Å². The van der Waals surface area contributed by atoms with Crippen LogP contribution >= 0.6 is 11.3 Å². The number of thiophene rings is 1. The maximum atomic E-state index is 13.3. The van der Waals surface area contributed by atoms with Gasteiger partial charge < -0.3 is 9.64 Å². The Balaban J connectivity index is 1.50. The monoisotopic (exact) mass is 370 g/mol. The third-order valence-corrected chi connectivity index (χ3v) is 6.29. The van der Waals surface area contributed by atoms with Crippen LogP contribution in [0.4, 0.5) is 0 Å². The predicted molar refractivity (Wildman–Crippen MR) is 106 cm³/mol. The molecule has 138 valence electrons. The van der Waals surface area contributed by atoms with E-state index in [0.29, 0.717) is 6.04 Å². The summed E-state index contributed by atoms with van der Waals surface area (Å²) in [6, 6.07) is 12.6. The number of carbonyl (C=O) groups is 1. The van der Waals surface area contributed by atoms with Gasteiger partial charge in [-0.2, -0.15) is 0 Å². The number of likely N-dealkylation sites (tertiary alicyclic amines) is 1. The number of ether oxygens (including phenoxy) is 1. The summed E-state index contributed by atoms with van der Waals surface area (Å²) < 4.78 is 5.46. The van der Waals surface area contributed by atoms with Crippen molar-refractivity contribution < 1.29 is 9.53 Å². The first-order chi connectivity index (χ1) is 12.8. The molecular formula is C21H26N2O2S. The normalized spacial score (nSPS) is 21.7. The van der Waals surface area contributed by atoms with E-state index < -0.39 is 0 Å². The van der Waals surface area contributed by atoms with Crippen LogP contribution in [-0.2, 0) is 4.74 Å². The molecule has 1 aromatic heterocycles. The molecule has 3 heterocycles. The molecule has 2 aromatic rings. The highest BCUT2D eigenvalue weighted by molar-refractivity contribution is 7.13. The fourth-order valence-electron chi connectivity index (χ4n) is 3.95. The number of morpholine rings is 1.